The van der Waals surface area contributed by atoms with E-state index >= 15 is 0 Å². The number of aromatic nitrogens is 2. The lowest BCUT2D eigenvalue weighted by atomic mass is 10.2. The summed E-state index contributed by atoms with van der Waals surface area (Å²) >= 11 is 6.30. The molecule has 0 spiro atoms. The number of ether oxygens (including phenoxy) is 1. The molecule has 0 bridgehead atoms. The quantitative estimate of drug-likeness (QED) is 0.806. The first kappa shape index (κ1) is 13.6. The molecule has 2 rings (SSSR count). The third-order valence-electron chi connectivity index (χ3n) is 2.74. The zero-order chi connectivity index (χ0) is 13.8. The second kappa shape index (κ2) is 5.89. The molecule has 2 aromatic rings. The van der Waals surface area contributed by atoms with Gasteiger partial charge in [0.1, 0.15) is 5.15 Å². The molecule has 100 valence electrons. The molecule has 5 heteroatoms. The van der Waals surface area contributed by atoms with Gasteiger partial charge in [-0.3, -0.25) is 0 Å². The summed E-state index contributed by atoms with van der Waals surface area (Å²) in [6.45, 7) is 4.01. The van der Waals surface area contributed by atoms with Gasteiger partial charge in [-0.15, -0.1) is 0 Å². The van der Waals surface area contributed by atoms with Gasteiger partial charge in [0.15, 0.2) is 5.69 Å². The largest absolute Gasteiger partial charge is 0.461 e. The Hall–Kier alpha value is -1.81. The molecule has 0 unspecified atom stereocenters. The third kappa shape index (κ3) is 2.63. The topological polar surface area (TPSA) is 44.1 Å². The first-order valence-corrected chi connectivity index (χ1v) is 6.56. The van der Waals surface area contributed by atoms with Crippen LogP contribution in [0.15, 0.2) is 30.3 Å². The average Bonchev–Trinajstić information content (AvgIpc) is 2.77. The van der Waals surface area contributed by atoms with Crippen molar-refractivity contribution in [3.05, 3.63) is 46.7 Å². The van der Waals surface area contributed by atoms with Crippen LogP contribution in [0.2, 0.25) is 5.15 Å². The zero-order valence-corrected chi connectivity index (χ0v) is 11.6. The van der Waals surface area contributed by atoms with Crippen molar-refractivity contribution in [2.75, 3.05) is 6.61 Å². The summed E-state index contributed by atoms with van der Waals surface area (Å²) in [6, 6.07) is 9.46. The summed E-state index contributed by atoms with van der Waals surface area (Å²) in [5, 5.41) is 4.73. The number of nitrogens with zero attached hydrogens (tertiary/aromatic N) is 2. The number of halogens is 1. The van der Waals surface area contributed by atoms with Gasteiger partial charge in [0.25, 0.3) is 0 Å². The molecule has 0 radical (unpaired) electrons. The van der Waals surface area contributed by atoms with Crippen LogP contribution in [0.1, 0.15) is 29.9 Å². The Labute approximate surface area is 116 Å². The molecule has 0 saturated carbocycles. The Morgan fingerprint density at radius 3 is 2.58 bits per heavy atom. The highest BCUT2D eigenvalue weighted by atomic mass is 35.5. The third-order valence-corrected chi connectivity index (χ3v) is 3.13. The predicted molar refractivity (Wildman–Crippen MR) is 73.9 cm³/mol. The van der Waals surface area contributed by atoms with Crippen LogP contribution in [0.3, 0.4) is 0 Å². The average molecular weight is 279 g/mol. The van der Waals surface area contributed by atoms with E-state index in [-0.39, 0.29) is 0 Å². The van der Waals surface area contributed by atoms with Crippen molar-refractivity contribution in [2.24, 2.45) is 0 Å². The van der Waals surface area contributed by atoms with E-state index in [4.69, 9.17) is 16.3 Å². The fourth-order valence-corrected chi connectivity index (χ4v) is 2.21. The second-order valence-electron chi connectivity index (χ2n) is 3.94. The van der Waals surface area contributed by atoms with E-state index in [9.17, 15) is 4.79 Å². The number of carbonyl (C=O) groups is 1. The molecule has 1 heterocycles. The molecular formula is C14H15ClN2O2. The van der Waals surface area contributed by atoms with Crippen LogP contribution in [-0.2, 0) is 11.2 Å². The van der Waals surface area contributed by atoms with Crippen LogP contribution >= 0.6 is 11.6 Å². The Morgan fingerprint density at radius 2 is 2.00 bits per heavy atom. The van der Waals surface area contributed by atoms with E-state index in [0.29, 0.717) is 29.4 Å². The minimum Gasteiger partial charge on any atom is -0.461 e. The lowest BCUT2D eigenvalue weighted by Gasteiger charge is -2.01. The van der Waals surface area contributed by atoms with Crippen molar-refractivity contribution in [2.45, 2.75) is 20.3 Å². The van der Waals surface area contributed by atoms with Gasteiger partial charge < -0.3 is 4.74 Å². The Balaban J connectivity index is 2.50. The summed E-state index contributed by atoms with van der Waals surface area (Å²) < 4.78 is 6.56. The Kier molecular flexibility index (Phi) is 4.22. The van der Waals surface area contributed by atoms with Crippen molar-refractivity contribution in [1.29, 1.82) is 0 Å². The minimum absolute atomic E-state index is 0.290. The lowest BCUT2D eigenvalue weighted by Crippen LogP contribution is -2.08. The molecule has 1 aromatic heterocycles. The highest BCUT2D eigenvalue weighted by molar-refractivity contribution is 6.31. The maximum atomic E-state index is 11.9. The zero-order valence-electron chi connectivity index (χ0n) is 10.9. The first-order valence-electron chi connectivity index (χ1n) is 6.19. The molecule has 0 N–H and O–H groups in total. The van der Waals surface area contributed by atoms with Crippen LogP contribution in [0.4, 0.5) is 0 Å². The molecular weight excluding hydrogens is 264 g/mol. The van der Waals surface area contributed by atoms with Crippen molar-refractivity contribution in [3.8, 4) is 5.69 Å². The number of hydrogen-bond acceptors (Lipinski definition) is 3. The summed E-state index contributed by atoms with van der Waals surface area (Å²) in [5.41, 5.74) is 1.82. The number of hydrogen-bond donors (Lipinski definition) is 0. The Bertz CT molecular complexity index is 579. The SMILES string of the molecule is CCOC(=O)c1nn(-c2ccccc2)c(Cl)c1CC. The van der Waals surface area contributed by atoms with Crippen molar-refractivity contribution in [3.63, 3.8) is 0 Å². The molecule has 0 amide bonds. The number of para-hydroxylation sites is 1. The van der Waals surface area contributed by atoms with Crippen LogP contribution < -0.4 is 0 Å². The Morgan fingerprint density at radius 1 is 1.32 bits per heavy atom. The smallest absolute Gasteiger partial charge is 0.359 e. The van der Waals surface area contributed by atoms with Crippen LogP contribution in [0.5, 0.6) is 0 Å². The molecule has 0 aliphatic carbocycles. The predicted octanol–water partition coefficient (Wildman–Crippen LogP) is 3.26. The van der Waals surface area contributed by atoms with Crippen molar-refractivity contribution in [1.82, 2.24) is 9.78 Å². The normalized spacial score (nSPS) is 10.5. The van der Waals surface area contributed by atoms with E-state index < -0.39 is 5.97 Å². The van der Waals surface area contributed by atoms with Crippen LogP contribution in [-0.4, -0.2) is 22.4 Å². The number of carbonyl (C=O) groups excluding carboxylic acids is 1. The van der Waals surface area contributed by atoms with E-state index in [2.05, 4.69) is 5.10 Å². The van der Waals surface area contributed by atoms with Gasteiger partial charge in [-0.2, -0.15) is 5.10 Å². The van der Waals surface area contributed by atoms with Crippen LogP contribution in [0.25, 0.3) is 5.69 Å². The fraction of sp³-hybridized carbons (Fsp3) is 0.286. The van der Waals surface area contributed by atoms with Gasteiger partial charge in [-0.25, -0.2) is 9.48 Å². The number of benzene rings is 1. The van der Waals surface area contributed by atoms with Crippen LogP contribution in [0, 0.1) is 0 Å². The molecule has 1 aromatic carbocycles. The maximum Gasteiger partial charge on any atom is 0.359 e. The summed E-state index contributed by atoms with van der Waals surface area (Å²) in [5.74, 6) is -0.434. The highest BCUT2D eigenvalue weighted by Gasteiger charge is 2.22. The van der Waals surface area contributed by atoms with Gasteiger partial charge in [0.2, 0.25) is 0 Å². The number of rotatable bonds is 4. The molecule has 0 saturated heterocycles. The van der Waals surface area contributed by atoms with Gasteiger partial charge >= 0.3 is 5.97 Å². The van der Waals surface area contributed by atoms with E-state index in [0.717, 1.165) is 5.69 Å². The fourth-order valence-electron chi connectivity index (χ4n) is 1.85. The molecule has 4 nitrogen and oxygen atoms in total. The van der Waals surface area contributed by atoms with E-state index in [1.54, 1.807) is 11.6 Å². The second-order valence-corrected chi connectivity index (χ2v) is 4.30. The lowest BCUT2D eigenvalue weighted by molar-refractivity contribution is 0.0517. The maximum absolute atomic E-state index is 11.9. The highest BCUT2D eigenvalue weighted by Crippen LogP contribution is 2.24. The standard InChI is InChI=1S/C14H15ClN2O2/c1-3-11-12(14(18)19-4-2)16-17(13(11)15)10-8-6-5-7-9-10/h5-9H,3-4H2,1-2H3. The van der Waals surface area contributed by atoms with Gasteiger partial charge in [0.05, 0.1) is 12.3 Å². The molecule has 0 aliphatic heterocycles. The summed E-state index contributed by atoms with van der Waals surface area (Å²) in [6.07, 6.45) is 0.625. The van der Waals surface area contributed by atoms with E-state index in [1.807, 2.05) is 37.3 Å². The summed E-state index contributed by atoms with van der Waals surface area (Å²) in [7, 11) is 0. The van der Waals surface area contributed by atoms with Gasteiger partial charge in [0, 0.05) is 5.56 Å². The molecule has 19 heavy (non-hydrogen) atoms. The molecule has 0 atom stereocenters. The minimum atomic E-state index is -0.434. The van der Waals surface area contributed by atoms with Crippen molar-refractivity contribution >= 4 is 17.6 Å². The molecule has 0 fully saturated rings. The molecule has 0 aliphatic rings. The first-order chi connectivity index (χ1) is 9.19. The van der Waals surface area contributed by atoms with E-state index in [1.165, 1.54) is 0 Å². The van der Waals surface area contributed by atoms with Crippen molar-refractivity contribution < 1.29 is 9.53 Å². The summed E-state index contributed by atoms with van der Waals surface area (Å²) in [4.78, 5) is 11.9. The van der Waals surface area contributed by atoms with Gasteiger partial charge in [-0.1, -0.05) is 36.7 Å². The monoisotopic (exact) mass is 278 g/mol. The van der Waals surface area contributed by atoms with Gasteiger partial charge in [-0.05, 0) is 25.5 Å². The number of esters is 1.